The summed E-state index contributed by atoms with van der Waals surface area (Å²) in [6, 6.07) is 25.7. The molecule has 2 amide bonds. The summed E-state index contributed by atoms with van der Waals surface area (Å²) in [4.78, 5) is 28.7. The maximum Gasteiger partial charge on any atom is 0.234 e. The fraction of sp³-hybridized carbons (Fsp3) is 0.226. The van der Waals surface area contributed by atoms with E-state index < -0.39 is 0 Å². The molecule has 0 unspecified atom stereocenters. The number of hydrogen-bond acceptors (Lipinski definition) is 4. The number of rotatable bonds is 6. The van der Waals surface area contributed by atoms with Gasteiger partial charge in [0, 0.05) is 11.8 Å². The third-order valence-corrected chi connectivity index (χ3v) is 7.74. The number of carbonyl (C=O) groups excluding carboxylic acids is 2. The van der Waals surface area contributed by atoms with Crippen molar-refractivity contribution >= 4 is 17.4 Å². The van der Waals surface area contributed by atoms with Crippen LogP contribution in [-0.4, -0.2) is 30.9 Å². The zero-order valence-corrected chi connectivity index (χ0v) is 20.3. The lowest BCUT2D eigenvalue weighted by Crippen LogP contribution is -2.32. The number of imide groups is 1. The van der Waals surface area contributed by atoms with Crippen LogP contribution in [0.5, 0.6) is 11.5 Å². The maximum absolute atomic E-state index is 13.6. The highest BCUT2D eigenvalue weighted by Crippen LogP contribution is 2.58. The number of ether oxygens (including phenoxy) is 2. The van der Waals surface area contributed by atoms with E-state index in [2.05, 4.69) is 12.2 Å². The third-order valence-electron chi connectivity index (χ3n) is 7.74. The molecule has 3 aliphatic rings. The molecular weight excluding hydrogens is 450 g/mol. The lowest BCUT2D eigenvalue weighted by Gasteiger charge is -2.22. The number of carbonyl (C=O) groups is 2. The predicted octanol–water partition coefficient (Wildman–Crippen LogP) is 5.12. The van der Waals surface area contributed by atoms with Crippen LogP contribution in [0.25, 0.3) is 5.57 Å². The van der Waals surface area contributed by atoms with Crippen molar-refractivity contribution in [3.05, 3.63) is 113 Å². The topological polar surface area (TPSA) is 55.8 Å². The summed E-state index contributed by atoms with van der Waals surface area (Å²) in [5, 5.41) is 0. The Morgan fingerprint density at radius 2 is 1.17 bits per heavy atom. The minimum absolute atomic E-state index is 0.0629. The van der Waals surface area contributed by atoms with Gasteiger partial charge in [-0.2, -0.15) is 0 Å². The van der Waals surface area contributed by atoms with Crippen molar-refractivity contribution in [2.24, 2.45) is 23.7 Å². The Kier molecular flexibility index (Phi) is 5.48. The molecule has 5 nitrogen and oxygen atoms in total. The first-order valence-electron chi connectivity index (χ1n) is 12.2. The molecule has 0 radical (unpaired) electrons. The van der Waals surface area contributed by atoms with Gasteiger partial charge in [0.15, 0.2) is 0 Å². The minimum Gasteiger partial charge on any atom is -0.497 e. The summed E-state index contributed by atoms with van der Waals surface area (Å²) in [7, 11) is 3.30. The standard InChI is InChI=1S/C31H27NO4/c1-35-22-12-8-20(9-13-22)26(21-10-14-23(36-2)15-11-21)27-24-16-17-25(27)29-28(24)30(33)32(31(29)34)18-19-6-4-3-5-7-19/h3-17,24-25,28-29H,18H2,1-2H3/t24-,25-,28+,29+/m0/s1. The van der Waals surface area contributed by atoms with Gasteiger partial charge < -0.3 is 9.47 Å². The Bertz CT molecular complexity index is 1290. The van der Waals surface area contributed by atoms with E-state index >= 15 is 0 Å². The van der Waals surface area contributed by atoms with Gasteiger partial charge in [0.25, 0.3) is 0 Å². The zero-order chi connectivity index (χ0) is 24.8. The first kappa shape index (κ1) is 22.4. The van der Waals surface area contributed by atoms with Crippen molar-refractivity contribution in [3.8, 4) is 11.5 Å². The second-order valence-corrected chi connectivity index (χ2v) is 9.52. The van der Waals surface area contributed by atoms with Crippen molar-refractivity contribution in [2.45, 2.75) is 6.54 Å². The van der Waals surface area contributed by atoms with Gasteiger partial charge in [-0.15, -0.1) is 0 Å². The van der Waals surface area contributed by atoms with E-state index in [0.717, 1.165) is 39.3 Å². The number of methoxy groups -OCH3 is 2. The van der Waals surface area contributed by atoms with Crippen molar-refractivity contribution < 1.29 is 19.1 Å². The molecule has 0 spiro atoms. The minimum atomic E-state index is -0.349. The van der Waals surface area contributed by atoms with Crippen LogP contribution < -0.4 is 9.47 Å². The Morgan fingerprint density at radius 3 is 1.61 bits per heavy atom. The van der Waals surface area contributed by atoms with E-state index in [1.165, 1.54) is 4.90 Å². The summed E-state index contributed by atoms with van der Waals surface area (Å²) in [5.41, 5.74) is 5.27. The quantitative estimate of drug-likeness (QED) is 0.365. The summed E-state index contributed by atoms with van der Waals surface area (Å²) in [6.07, 6.45) is 4.26. The Balaban J connectivity index is 1.43. The largest absolute Gasteiger partial charge is 0.497 e. The van der Waals surface area contributed by atoms with Crippen LogP contribution in [0.3, 0.4) is 0 Å². The molecule has 5 heteroatoms. The Labute approximate surface area is 210 Å². The summed E-state index contributed by atoms with van der Waals surface area (Å²) >= 11 is 0. The molecule has 2 bridgehead atoms. The molecule has 0 aromatic heterocycles. The van der Waals surface area contributed by atoms with Gasteiger partial charge in [0.05, 0.1) is 32.6 Å². The molecule has 1 aliphatic heterocycles. The SMILES string of the molecule is COc1ccc(C(=C2[C@@H]3C=C[C@@H]2[C@H]2C(=O)N(Cc4ccccc4)C(=O)[C@@H]23)c2ccc(OC)cc2)cc1. The van der Waals surface area contributed by atoms with Crippen molar-refractivity contribution in [2.75, 3.05) is 14.2 Å². The lowest BCUT2D eigenvalue weighted by atomic mass is 9.85. The normalized spacial score (nSPS) is 23.8. The Hall–Kier alpha value is -4.12. The molecule has 0 N–H and O–H groups in total. The number of fused-ring (bicyclic) bond motifs is 5. The molecule has 36 heavy (non-hydrogen) atoms. The maximum atomic E-state index is 13.6. The molecule has 4 atom stereocenters. The van der Waals surface area contributed by atoms with E-state index in [1.54, 1.807) is 14.2 Å². The van der Waals surface area contributed by atoms with Crippen LogP contribution in [0, 0.1) is 23.7 Å². The predicted molar refractivity (Wildman–Crippen MR) is 137 cm³/mol. The summed E-state index contributed by atoms with van der Waals surface area (Å²) in [5.74, 6) is 0.538. The van der Waals surface area contributed by atoms with Crippen LogP contribution in [0.1, 0.15) is 16.7 Å². The van der Waals surface area contributed by atoms with Gasteiger partial charge in [-0.3, -0.25) is 14.5 Å². The van der Waals surface area contributed by atoms with Crippen molar-refractivity contribution in [3.63, 3.8) is 0 Å². The van der Waals surface area contributed by atoms with Crippen LogP contribution in [0.15, 0.2) is 96.6 Å². The highest BCUT2D eigenvalue weighted by atomic mass is 16.5. The monoisotopic (exact) mass is 477 g/mol. The molecule has 2 aliphatic carbocycles. The highest BCUT2D eigenvalue weighted by Gasteiger charge is 2.62. The van der Waals surface area contributed by atoms with E-state index in [9.17, 15) is 9.59 Å². The van der Waals surface area contributed by atoms with Crippen LogP contribution in [-0.2, 0) is 16.1 Å². The van der Waals surface area contributed by atoms with Crippen molar-refractivity contribution in [1.82, 2.24) is 4.90 Å². The molecule has 3 aromatic rings. The molecule has 2 fully saturated rings. The van der Waals surface area contributed by atoms with Gasteiger partial charge in [-0.1, -0.05) is 66.7 Å². The van der Waals surface area contributed by atoms with Crippen LogP contribution in [0.2, 0.25) is 0 Å². The van der Waals surface area contributed by atoms with Gasteiger partial charge in [0.1, 0.15) is 11.5 Å². The highest BCUT2D eigenvalue weighted by molar-refractivity contribution is 6.08. The molecular formula is C31H27NO4. The van der Waals surface area contributed by atoms with E-state index in [4.69, 9.17) is 9.47 Å². The van der Waals surface area contributed by atoms with Gasteiger partial charge >= 0.3 is 0 Å². The number of allylic oxidation sites excluding steroid dienone is 3. The lowest BCUT2D eigenvalue weighted by molar-refractivity contribution is -0.141. The van der Waals surface area contributed by atoms with Gasteiger partial charge in [0.2, 0.25) is 11.8 Å². The number of benzene rings is 3. The molecule has 3 aromatic carbocycles. The second-order valence-electron chi connectivity index (χ2n) is 9.52. The average molecular weight is 478 g/mol. The number of likely N-dealkylation sites (tertiary alicyclic amines) is 1. The first-order chi connectivity index (χ1) is 17.6. The molecule has 180 valence electrons. The van der Waals surface area contributed by atoms with Gasteiger partial charge in [-0.25, -0.2) is 0 Å². The Morgan fingerprint density at radius 1 is 0.694 bits per heavy atom. The van der Waals surface area contributed by atoms with Crippen LogP contribution >= 0.6 is 0 Å². The fourth-order valence-electron chi connectivity index (χ4n) is 6.10. The van der Waals surface area contributed by atoms with E-state index in [0.29, 0.717) is 6.54 Å². The smallest absolute Gasteiger partial charge is 0.234 e. The van der Waals surface area contributed by atoms with E-state index in [1.807, 2.05) is 78.9 Å². The van der Waals surface area contributed by atoms with Crippen molar-refractivity contribution in [1.29, 1.82) is 0 Å². The molecule has 6 rings (SSSR count). The van der Waals surface area contributed by atoms with Crippen LogP contribution in [0.4, 0.5) is 0 Å². The molecule has 1 saturated heterocycles. The van der Waals surface area contributed by atoms with E-state index in [-0.39, 0.29) is 35.5 Å². The number of hydrogen-bond donors (Lipinski definition) is 0. The third kappa shape index (κ3) is 3.46. The number of amides is 2. The molecule has 1 heterocycles. The first-order valence-corrected chi connectivity index (χ1v) is 12.2. The average Bonchev–Trinajstić information content (AvgIpc) is 3.56. The second kappa shape index (κ2) is 8.83. The molecule has 1 saturated carbocycles. The number of nitrogens with zero attached hydrogens (tertiary/aromatic N) is 1. The fourth-order valence-corrected chi connectivity index (χ4v) is 6.10. The zero-order valence-electron chi connectivity index (χ0n) is 20.3. The van der Waals surface area contributed by atoms with Gasteiger partial charge in [-0.05, 0) is 52.1 Å². The summed E-state index contributed by atoms with van der Waals surface area (Å²) < 4.78 is 10.7. The summed E-state index contributed by atoms with van der Waals surface area (Å²) in [6.45, 7) is 0.327.